The van der Waals surface area contributed by atoms with E-state index in [1.165, 1.54) is 6.07 Å². The molecular formula is C21H16BrClN4O3. The van der Waals surface area contributed by atoms with Gasteiger partial charge in [-0.25, -0.2) is 4.98 Å². The van der Waals surface area contributed by atoms with Gasteiger partial charge in [0.05, 0.1) is 17.0 Å². The van der Waals surface area contributed by atoms with Crippen LogP contribution in [-0.2, 0) is 11.2 Å². The van der Waals surface area contributed by atoms with Gasteiger partial charge in [0.25, 0.3) is 5.91 Å². The third-order valence-corrected chi connectivity index (χ3v) is 5.68. The van der Waals surface area contributed by atoms with Gasteiger partial charge in [0.1, 0.15) is 17.1 Å². The Hall–Kier alpha value is -2.89. The summed E-state index contributed by atoms with van der Waals surface area (Å²) in [5.41, 5.74) is 0.654. The van der Waals surface area contributed by atoms with Gasteiger partial charge < -0.3 is 15.1 Å². The highest BCUT2D eigenvalue weighted by atomic mass is 79.9. The van der Waals surface area contributed by atoms with Gasteiger partial charge in [-0.2, -0.15) is 5.26 Å². The first-order valence-electron chi connectivity index (χ1n) is 9.23. The summed E-state index contributed by atoms with van der Waals surface area (Å²) in [5.74, 6) is -0.632. The maximum Gasteiger partial charge on any atom is 0.251 e. The number of fused-ring (bicyclic) bond motifs is 1. The Balaban J connectivity index is 1.59. The average Bonchev–Trinajstić information content (AvgIpc) is 3.37. The molecule has 1 unspecified atom stereocenters. The van der Waals surface area contributed by atoms with Gasteiger partial charge >= 0.3 is 0 Å². The second-order valence-corrected chi connectivity index (χ2v) is 8.41. The fourth-order valence-electron chi connectivity index (χ4n) is 3.02. The summed E-state index contributed by atoms with van der Waals surface area (Å²) in [7, 11) is 0. The van der Waals surface area contributed by atoms with E-state index in [9.17, 15) is 14.9 Å². The van der Waals surface area contributed by atoms with Gasteiger partial charge in [0.15, 0.2) is 11.5 Å². The molecule has 152 valence electrons. The molecule has 0 radical (unpaired) electrons. The first-order chi connectivity index (χ1) is 14.4. The van der Waals surface area contributed by atoms with Crippen LogP contribution >= 0.6 is 27.5 Å². The van der Waals surface area contributed by atoms with Crippen LogP contribution in [0.5, 0.6) is 0 Å². The minimum absolute atomic E-state index is 0.0285. The number of nitrogens with one attached hydrogen (secondary N) is 2. The second-order valence-electron chi connectivity index (χ2n) is 7.12. The molecule has 1 saturated carbocycles. The Kier molecular flexibility index (Phi) is 5.50. The number of rotatable bonds is 6. The van der Waals surface area contributed by atoms with Gasteiger partial charge in [-0.1, -0.05) is 23.7 Å². The van der Waals surface area contributed by atoms with E-state index < -0.39 is 23.4 Å². The van der Waals surface area contributed by atoms with Crippen molar-refractivity contribution in [3.8, 4) is 6.07 Å². The van der Waals surface area contributed by atoms with Crippen molar-refractivity contribution in [1.82, 2.24) is 15.6 Å². The lowest BCUT2D eigenvalue weighted by atomic mass is 10.1. The smallest absolute Gasteiger partial charge is 0.251 e. The van der Waals surface area contributed by atoms with Crippen molar-refractivity contribution >= 4 is 50.4 Å². The number of aromatic nitrogens is 1. The van der Waals surface area contributed by atoms with E-state index >= 15 is 0 Å². The van der Waals surface area contributed by atoms with E-state index in [1.807, 2.05) is 12.1 Å². The highest BCUT2D eigenvalue weighted by Crippen LogP contribution is 2.34. The summed E-state index contributed by atoms with van der Waals surface area (Å²) in [6.45, 7) is 0. The molecule has 2 aromatic carbocycles. The van der Waals surface area contributed by atoms with Gasteiger partial charge in [0, 0.05) is 10.6 Å². The lowest BCUT2D eigenvalue weighted by Gasteiger charge is -2.19. The molecule has 2 amide bonds. The maximum absolute atomic E-state index is 12.9. The number of carbonyl (C=O) groups is 2. The van der Waals surface area contributed by atoms with E-state index in [0.29, 0.717) is 40.4 Å². The van der Waals surface area contributed by atoms with Crippen LogP contribution in [0.15, 0.2) is 51.4 Å². The molecule has 1 heterocycles. The van der Waals surface area contributed by atoms with Crippen LogP contribution in [0, 0.1) is 11.3 Å². The predicted molar refractivity (Wildman–Crippen MR) is 114 cm³/mol. The zero-order chi connectivity index (χ0) is 21.3. The number of halogens is 2. The SMILES string of the molecule is N#CC1(NC(=O)C(Cc2nc3cccc(Br)c3o2)NC(=O)c2cccc(Cl)c2)CC1. The molecule has 0 saturated heterocycles. The fourth-order valence-corrected chi connectivity index (χ4v) is 3.64. The molecule has 1 fully saturated rings. The summed E-state index contributed by atoms with van der Waals surface area (Å²) in [6, 6.07) is 13.0. The normalized spacial score (nSPS) is 15.2. The summed E-state index contributed by atoms with van der Waals surface area (Å²) in [6.07, 6.45) is 1.20. The molecule has 1 aromatic heterocycles. The molecule has 4 rings (SSSR count). The second kappa shape index (κ2) is 8.09. The predicted octanol–water partition coefficient (Wildman–Crippen LogP) is 3.76. The van der Waals surface area contributed by atoms with Gasteiger partial charge in [0.2, 0.25) is 5.91 Å². The Bertz CT molecular complexity index is 1180. The number of hydrogen-bond donors (Lipinski definition) is 2. The summed E-state index contributed by atoms with van der Waals surface area (Å²) in [5, 5.41) is 15.1. The van der Waals surface area contributed by atoms with E-state index in [1.54, 1.807) is 24.3 Å². The van der Waals surface area contributed by atoms with E-state index in [-0.39, 0.29) is 6.42 Å². The van der Waals surface area contributed by atoms with Crippen LogP contribution in [0.4, 0.5) is 0 Å². The Morgan fingerprint density at radius 1 is 1.30 bits per heavy atom. The summed E-state index contributed by atoms with van der Waals surface area (Å²) >= 11 is 9.38. The van der Waals surface area contributed by atoms with Crippen LogP contribution in [0.3, 0.4) is 0 Å². The molecule has 3 aromatic rings. The van der Waals surface area contributed by atoms with E-state index in [2.05, 4.69) is 37.6 Å². The monoisotopic (exact) mass is 486 g/mol. The summed E-state index contributed by atoms with van der Waals surface area (Å²) in [4.78, 5) is 30.0. The number of nitrogens with zero attached hydrogens (tertiary/aromatic N) is 2. The minimum Gasteiger partial charge on any atom is -0.439 e. The van der Waals surface area contributed by atoms with Crippen LogP contribution in [-0.4, -0.2) is 28.4 Å². The van der Waals surface area contributed by atoms with Crippen LogP contribution in [0.25, 0.3) is 11.1 Å². The Labute approximate surface area is 185 Å². The third-order valence-electron chi connectivity index (χ3n) is 4.83. The van der Waals surface area contributed by atoms with Crippen molar-refractivity contribution < 1.29 is 14.0 Å². The van der Waals surface area contributed by atoms with Crippen molar-refractivity contribution in [3.05, 3.63) is 63.4 Å². The van der Waals surface area contributed by atoms with Gasteiger partial charge in [-0.05, 0) is 59.1 Å². The van der Waals surface area contributed by atoms with E-state index in [0.717, 1.165) is 4.47 Å². The zero-order valence-electron chi connectivity index (χ0n) is 15.6. The van der Waals surface area contributed by atoms with Crippen LogP contribution < -0.4 is 10.6 Å². The van der Waals surface area contributed by atoms with Crippen molar-refractivity contribution in [3.63, 3.8) is 0 Å². The maximum atomic E-state index is 12.9. The average molecular weight is 488 g/mol. The first kappa shape index (κ1) is 20.4. The third kappa shape index (κ3) is 4.32. The number of oxazole rings is 1. The van der Waals surface area contributed by atoms with Gasteiger partial charge in [-0.3, -0.25) is 9.59 Å². The highest BCUT2D eigenvalue weighted by molar-refractivity contribution is 9.10. The number of amides is 2. The number of nitriles is 1. The molecule has 7 nitrogen and oxygen atoms in total. The van der Waals surface area contributed by atoms with Crippen LogP contribution in [0.2, 0.25) is 5.02 Å². The molecule has 0 spiro atoms. The minimum atomic E-state index is -0.978. The molecule has 1 aliphatic carbocycles. The number of hydrogen-bond acceptors (Lipinski definition) is 5. The Morgan fingerprint density at radius 3 is 2.73 bits per heavy atom. The molecule has 2 N–H and O–H groups in total. The van der Waals surface area contributed by atoms with Crippen molar-refractivity contribution in [2.24, 2.45) is 0 Å². The molecule has 0 aliphatic heterocycles. The number of carbonyl (C=O) groups excluding carboxylic acids is 2. The number of para-hydroxylation sites is 1. The van der Waals surface area contributed by atoms with Crippen molar-refractivity contribution in [2.75, 3.05) is 0 Å². The molecule has 0 bridgehead atoms. The number of benzene rings is 2. The lowest BCUT2D eigenvalue weighted by molar-refractivity contribution is -0.123. The zero-order valence-corrected chi connectivity index (χ0v) is 18.0. The molecule has 1 aliphatic rings. The summed E-state index contributed by atoms with van der Waals surface area (Å²) < 4.78 is 6.52. The molecule has 30 heavy (non-hydrogen) atoms. The highest BCUT2D eigenvalue weighted by Gasteiger charge is 2.45. The fraction of sp³-hybridized carbons (Fsp3) is 0.238. The lowest BCUT2D eigenvalue weighted by Crippen LogP contribution is -2.51. The van der Waals surface area contributed by atoms with E-state index in [4.69, 9.17) is 16.0 Å². The van der Waals surface area contributed by atoms with Crippen molar-refractivity contribution in [1.29, 1.82) is 5.26 Å². The molecule has 1 atom stereocenters. The first-order valence-corrected chi connectivity index (χ1v) is 10.4. The quantitative estimate of drug-likeness (QED) is 0.550. The molecular weight excluding hydrogens is 472 g/mol. The largest absolute Gasteiger partial charge is 0.439 e. The Morgan fingerprint density at radius 2 is 2.07 bits per heavy atom. The van der Waals surface area contributed by atoms with Crippen LogP contribution in [0.1, 0.15) is 29.1 Å². The van der Waals surface area contributed by atoms with Crippen molar-refractivity contribution in [2.45, 2.75) is 30.8 Å². The van der Waals surface area contributed by atoms with Gasteiger partial charge in [-0.15, -0.1) is 0 Å². The standard InChI is InChI=1S/C21H16BrClN4O3/c22-14-5-2-6-15-18(14)30-17(25-15)10-16(20(29)27-21(11-24)7-8-21)26-19(28)12-3-1-4-13(23)9-12/h1-6,9,16H,7-8,10H2,(H,26,28)(H,27,29). The topological polar surface area (TPSA) is 108 Å². The molecule has 9 heteroatoms.